The van der Waals surface area contributed by atoms with Gasteiger partial charge in [0.2, 0.25) is 0 Å². The van der Waals surface area contributed by atoms with Gasteiger partial charge in [0.25, 0.3) is 0 Å². The van der Waals surface area contributed by atoms with E-state index >= 15 is 0 Å². The molecule has 0 bridgehead atoms. The van der Waals surface area contributed by atoms with Gasteiger partial charge in [0, 0.05) is 12.7 Å². The number of anilines is 1. The number of nitrogens with one attached hydrogen (secondary N) is 1. The fourth-order valence-corrected chi connectivity index (χ4v) is 3.03. The monoisotopic (exact) mass is 284 g/mol. The molecule has 0 radical (unpaired) electrons. The first kappa shape index (κ1) is 12.9. The Balaban J connectivity index is 1.99. The molecule has 0 aliphatic carbocycles. The summed E-state index contributed by atoms with van der Waals surface area (Å²) in [5.41, 5.74) is 1.20. The minimum Gasteiger partial charge on any atom is -0.497 e. The Morgan fingerprint density at radius 3 is 2.75 bits per heavy atom. The molecule has 0 amide bonds. The van der Waals surface area contributed by atoms with Gasteiger partial charge >= 0.3 is 0 Å². The van der Waals surface area contributed by atoms with Crippen LogP contribution in [-0.2, 0) is 0 Å². The number of hydrogen-bond acceptors (Lipinski definition) is 4. The lowest BCUT2D eigenvalue weighted by molar-refractivity contribution is 0.415. The molecule has 4 heteroatoms. The number of methoxy groups -OCH3 is 1. The Morgan fingerprint density at radius 2 is 1.95 bits per heavy atom. The van der Waals surface area contributed by atoms with Crippen LogP contribution in [-0.4, -0.2) is 18.6 Å². The number of benzene rings is 2. The molecular weight excluding hydrogens is 268 g/mol. The van der Waals surface area contributed by atoms with Gasteiger partial charge in [0.15, 0.2) is 5.13 Å². The Bertz CT molecular complexity index is 736. The van der Waals surface area contributed by atoms with Gasteiger partial charge < -0.3 is 10.1 Å². The molecule has 1 aromatic heterocycles. The van der Waals surface area contributed by atoms with E-state index in [1.54, 1.807) is 18.4 Å². The van der Waals surface area contributed by atoms with Crippen molar-refractivity contribution in [2.45, 2.75) is 6.92 Å². The molecule has 0 saturated carbocycles. The molecule has 0 aliphatic rings. The maximum Gasteiger partial charge on any atom is 0.183 e. The van der Waals surface area contributed by atoms with E-state index in [0.717, 1.165) is 17.4 Å². The van der Waals surface area contributed by atoms with Crippen molar-refractivity contribution < 1.29 is 4.74 Å². The topological polar surface area (TPSA) is 34.2 Å². The summed E-state index contributed by atoms with van der Waals surface area (Å²) < 4.78 is 5.25. The number of fused-ring (bicyclic) bond motifs is 1. The van der Waals surface area contributed by atoms with Gasteiger partial charge in [-0.05, 0) is 41.5 Å². The molecule has 0 spiro atoms. The molecule has 3 aromatic rings. The van der Waals surface area contributed by atoms with Crippen LogP contribution in [0.4, 0.5) is 5.13 Å². The predicted octanol–water partition coefficient (Wildman–Crippen LogP) is 4.40. The van der Waals surface area contributed by atoms with Crippen LogP contribution in [0.25, 0.3) is 21.2 Å². The first-order valence-corrected chi connectivity index (χ1v) is 7.39. The van der Waals surface area contributed by atoms with Crippen LogP contribution in [0.5, 0.6) is 5.75 Å². The van der Waals surface area contributed by atoms with Crippen LogP contribution in [0.15, 0.2) is 42.6 Å². The third kappa shape index (κ3) is 2.47. The quantitative estimate of drug-likeness (QED) is 0.771. The SMILES string of the molecule is CCNc1ncc(-c2ccc3cc(OC)ccc3c2)s1. The summed E-state index contributed by atoms with van der Waals surface area (Å²) in [7, 11) is 1.69. The molecule has 1 N–H and O–H groups in total. The summed E-state index contributed by atoms with van der Waals surface area (Å²) in [6, 6.07) is 12.6. The Labute approximate surface area is 122 Å². The average Bonchev–Trinajstić information content (AvgIpc) is 2.95. The van der Waals surface area contributed by atoms with Gasteiger partial charge in [-0.2, -0.15) is 0 Å². The second kappa shape index (κ2) is 5.51. The largest absolute Gasteiger partial charge is 0.497 e. The molecule has 0 atom stereocenters. The zero-order valence-corrected chi connectivity index (χ0v) is 12.3. The van der Waals surface area contributed by atoms with E-state index in [1.807, 2.05) is 12.3 Å². The number of thiazole rings is 1. The summed E-state index contributed by atoms with van der Waals surface area (Å²) in [6.45, 7) is 2.97. The molecule has 1 heterocycles. The van der Waals surface area contributed by atoms with Crippen LogP contribution in [0.1, 0.15) is 6.92 Å². The predicted molar refractivity (Wildman–Crippen MR) is 85.8 cm³/mol. The fraction of sp³-hybridized carbons (Fsp3) is 0.188. The van der Waals surface area contributed by atoms with E-state index in [-0.39, 0.29) is 0 Å². The van der Waals surface area contributed by atoms with E-state index in [2.05, 4.69) is 47.6 Å². The zero-order chi connectivity index (χ0) is 13.9. The fourth-order valence-electron chi connectivity index (χ4n) is 2.14. The normalized spacial score (nSPS) is 10.7. The van der Waals surface area contributed by atoms with Crippen molar-refractivity contribution in [3.8, 4) is 16.2 Å². The van der Waals surface area contributed by atoms with Crippen LogP contribution in [0.3, 0.4) is 0 Å². The van der Waals surface area contributed by atoms with Crippen molar-refractivity contribution in [3.63, 3.8) is 0 Å². The van der Waals surface area contributed by atoms with Crippen LogP contribution in [0.2, 0.25) is 0 Å². The highest BCUT2D eigenvalue weighted by molar-refractivity contribution is 7.18. The van der Waals surface area contributed by atoms with Crippen LogP contribution >= 0.6 is 11.3 Å². The van der Waals surface area contributed by atoms with Crippen LogP contribution < -0.4 is 10.1 Å². The van der Waals surface area contributed by atoms with Crippen molar-refractivity contribution in [2.24, 2.45) is 0 Å². The first-order valence-electron chi connectivity index (χ1n) is 6.58. The molecule has 2 aromatic carbocycles. The lowest BCUT2D eigenvalue weighted by Crippen LogP contribution is -1.94. The van der Waals surface area contributed by atoms with Crippen molar-refractivity contribution in [3.05, 3.63) is 42.6 Å². The van der Waals surface area contributed by atoms with Gasteiger partial charge in [0.05, 0.1) is 12.0 Å². The molecule has 0 fully saturated rings. The number of hydrogen-bond donors (Lipinski definition) is 1. The molecule has 0 unspecified atom stereocenters. The van der Waals surface area contributed by atoms with E-state index in [0.29, 0.717) is 0 Å². The first-order chi connectivity index (χ1) is 9.80. The highest BCUT2D eigenvalue weighted by atomic mass is 32.1. The maximum atomic E-state index is 5.25. The number of aromatic nitrogens is 1. The minimum absolute atomic E-state index is 0.887. The lowest BCUT2D eigenvalue weighted by atomic mass is 10.1. The molecule has 102 valence electrons. The summed E-state index contributed by atoms with van der Waals surface area (Å²) in [5.74, 6) is 0.887. The zero-order valence-electron chi connectivity index (χ0n) is 11.5. The van der Waals surface area contributed by atoms with Gasteiger partial charge in [0.1, 0.15) is 5.75 Å². The highest BCUT2D eigenvalue weighted by Gasteiger charge is 2.05. The number of rotatable bonds is 4. The Hall–Kier alpha value is -2.07. The standard InChI is InChI=1S/C16H16N2OS/c1-3-17-16-18-10-15(20-16)13-5-4-12-9-14(19-2)7-6-11(12)8-13/h4-10H,3H2,1-2H3,(H,17,18). The van der Waals surface area contributed by atoms with Crippen molar-refractivity contribution in [2.75, 3.05) is 19.0 Å². The molecule has 0 aliphatic heterocycles. The average molecular weight is 284 g/mol. The van der Waals surface area contributed by atoms with Crippen molar-refractivity contribution in [1.82, 2.24) is 4.98 Å². The van der Waals surface area contributed by atoms with Gasteiger partial charge in [-0.15, -0.1) is 0 Å². The Kier molecular flexibility index (Phi) is 3.56. The third-order valence-electron chi connectivity index (χ3n) is 3.17. The second-order valence-corrected chi connectivity index (χ2v) is 5.52. The molecule has 3 nitrogen and oxygen atoms in total. The third-order valence-corrected chi connectivity index (χ3v) is 4.17. The highest BCUT2D eigenvalue weighted by Crippen LogP contribution is 2.31. The van der Waals surface area contributed by atoms with Gasteiger partial charge in [-0.3, -0.25) is 0 Å². The van der Waals surface area contributed by atoms with E-state index < -0.39 is 0 Å². The summed E-state index contributed by atoms with van der Waals surface area (Å²) in [6.07, 6.45) is 1.92. The van der Waals surface area contributed by atoms with Gasteiger partial charge in [-0.25, -0.2) is 4.98 Å². The second-order valence-electron chi connectivity index (χ2n) is 4.49. The Morgan fingerprint density at radius 1 is 1.15 bits per heavy atom. The summed E-state index contributed by atoms with van der Waals surface area (Å²) in [4.78, 5) is 5.56. The lowest BCUT2D eigenvalue weighted by Gasteiger charge is -2.04. The maximum absolute atomic E-state index is 5.25. The minimum atomic E-state index is 0.887. The number of nitrogens with zero attached hydrogens (tertiary/aromatic N) is 1. The molecule has 20 heavy (non-hydrogen) atoms. The number of ether oxygens (including phenoxy) is 1. The summed E-state index contributed by atoms with van der Waals surface area (Å²) >= 11 is 1.68. The van der Waals surface area contributed by atoms with E-state index in [4.69, 9.17) is 4.74 Å². The molecule has 0 saturated heterocycles. The van der Waals surface area contributed by atoms with Crippen LogP contribution in [0, 0.1) is 0 Å². The smallest absolute Gasteiger partial charge is 0.183 e. The van der Waals surface area contributed by atoms with Crippen molar-refractivity contribution >= 4 is 27.2 Å². The molecule has 3 rings (SSSR count). The van der Waals surface area contributed by atoms with Gasteiger partial charge in [-0.1, -0.05) is 29.5 Å². The van der Waals surface area contributed by atoms with E-state index in [1.165, 1.54) is 21.2 Å². The van der Waals surface area contributed by atoms with E-state index in [9.17, 15) is 0 Å². The summed E-state index contributed by atoms with van der Waals surface area (Å²) in [5, 5.41) is 6.61. The van der Waals surface area contributed by atoms with Crippen molar-refractivity contribution in [1.29, 1.82) is 0 Å². The molecular formula is C16H16N2OS.